The lowest BCUT2D eigenvalue weighted by molar-refractivity contribution is -0.386. The molecule has 0 saturated carbocycles. The monoisotopic (exact) mass is 462 g/mol. The van der Waals surface area contributed by atoms with Gasteiger partial charge in [0.05, 0.1) is 30.4 Å². The SMILES string of the molecule is COc1ccc([C@H]2O[C@H](c3ccccc3[N+](=O)[O-])[C@@]3(O2)C(=O)N(C)c2ccccc23)cc1OC. The molecule has 0 aromatic heterocycles. The zero-order chi connectivity index (χ0) is 24.0. The predicted octanol–water partition coefficient (Wildman–Crippen LogP) is 4.27. The van der Waals surface area contributed by atoms with Crippen LogP contribution < -0.4 is 14.4 Å². The van der Waals surface area contributed by atoms with Crippen molar-refractivity contribution in [2.24, 2.45) is 0 Å². The minimum Gasteiger partial charge on any atom is -0.493 e. The molecule has 5 rings (SSSR count). The summed E-state index contributed by atoms with van der Waals surface area (Å²) in [6.45, 7) is 0. The summed E-state index contributed by atoms with van der Waals surface area (Å²) >= 11 is 0. The molecule has 3 aromatic rings. The zero-order valence-electron chi connectivity index (χ0n) is 18.8. The largest absolute Gasteiger partial charge is 0.493 e. The fourth-order valence-electron chi connectivity index (χ4n) is 4.71. The normalized spacial score (nSPS) is 23.3. The van der Waals surface area contributed by atoms with E-state index in [9.17, 15) is 14.9 Å². The van der Waals surface area contributed by atoms with Crippen LogP contribution in [-0.4, -0.2) is 32.1 Å². The van der Waals surface area contributed by atoms with Crippen LogP contribution in [0.5, 0.6) is 11.5 Å². The predicted molar refractivity (Wildman–Crippen MR) is 122 cm³/mol. The Morgan fingerprint density at radius 3 is 2.44 bits per heavy atom. The van der Waals surface area contributed by atoms with Crippen molar-refractivity contribution in [2.45, 2.75) is 18.0 Å². The van der Waals surface area contributed by atoms with Crippen molar-refractivity contribution in [1.29, 1.82) is 0 Å². The Balaban J connectivity index is 1.70. The van der Waals surface area contributed by atoms with Crippen molar-refractivity contribution in [3.63, 3.8) is 0 Å². The average Bonchev–Trinajstić information content (AvgIpc) is 3.37. The van der Waals surface area contributed by atoms with E-state index in [-0.39, 0.29) is 17.2 Å². The van der Waals surface area contributed by atoms with Gasteiger partial charge in [0.2, 0.25) is 5.60 Å². The van der Waals surface area contributed by atoms with E-state index in [1.165, 1.54) is 25.2 Å². The summed E-state index contributed by atoms with van der Waals surface area (Å²) in [4.78, 5) is 26.6. The van der Waals surface area contributed by atoms with Crippen molar-refractivity contribution >= 4 is 17.3 Å². The van der Waals surface area contributed by atoms with Gasteiger partial charge < -0.3 is 23.8 Å². The van der Waals surface area contributed by atoms with Crippen LogP contribution in [0, 0.1) is 10.1 Å². The smallest absolute Gasteiger partial charge is 0.275 e. The molecule has 9 nitrogen and oxygen atoms in total. The fourth-order valence-corrected chi connectivity index (χ4v) is 4.71. The van der Waals surface area contributed by atoms with Crippen molar-refractivity contribution in [3.05, 3.63) is 93.5 Å². The summed E-state index contributed by atoms with van der Waals surface area (Å²) in [7, 11) is 4.70. The summed E-state index contributed by atoms with van der Waals surface area (Å²) in [5.74, 6) is 0.627. The fraction of sp³-hybridized carbons (Fsp3) is 0.240. The number of nitrogens with zero attached hydrogens (tertiary/aromatic N) is 2. The molecule has 3 atom stereocenters. The van der Waals surface area contributed by atoms with Gasteiger partial charge in [-0.3, -0.25) is 14.9 Å². The standard InChI is InChI=1S/C25H22N2O7/c1-26-19-11-7-5-9-17(19)25(24(26)28)22(16-8-4-6-10-18(16)27(29)30)33-23(34-25)15-12-13-20(31-2)21(14-15)32-3/h4-14,22-23H,1-3H3/t22-,23+,25-/m1/s1. The number of fused-ring (bicyclic) bond motifs is 2. The number of anilines is 1. The molecule has 2 aliphatic heterocycles. The highest BCUT2D eigenvalue weighted by Gasteiger charge is 2.64. The van der Waals surface area contributed by atoms with Gasteiger partial charge >= 0.3 is 0 Å². The Bertz CT molecular complexity index is 1290. The van der Waals surface area contributed by atoms with Crippen LogP contribution in [-0.2, 0) is 19.9 Å². The number of likely N-dealkylation sites (N-methyl/N-ethyl adjacent to an activating group) is 1. The second-order valence-corrected chi connectivity index (χ2v) is 8.01. The lowest BCUT2D eigenvalue weighted by Gasteiger charge is -2.27. The highest BCUT2D eigenvalue weighted by molar-refractivity contribution is 6.07. The average molecular weight is 462 g/mol. The molecule has 3 aromatic carbocycles. The number of ether oxygens (including phenoxy) is 4. The Morgan fingerprint density at radius 1 is 1.00 bits per heavy atom. The van der Waals surface area contributed by atoms with E-state index in [0.717, 1.165) is 0 Å². The van der Waals surface area contributed by atoms with E-state index < -0.39 is 22.9 Å². The molecule has 0 bridgehead atoms. The van der Waals surface area contributed by atoms with Gasteiger partial charge in [-0.15, -0.1) is 0 Å². The maximum atomic E-state index is 13.8. The number of hydrogen-bond acceptors (Lipinski definition) is 7. The number of amides is 1. The van der Waals surface area contributed by atoms with E-state index in [0.29, 0.717) is 28.3 Å². The van der Waals surface area contributed by atoms with Crippen molar-refractivity contribution in [2.75, 3.05) is 26.2 Å². The molecule has 1 spiro atoms. The Morgan fingerprint density at radius 2 is 1.71 bits per heavy atom. The number of rotatable bonds is 5. The van der Waals surface area contributed by atoms with Gasteiger partial charge in [0.25, 0.3) is 11.6 Å². The molecule has 1 amide bonds. The Hall–Kier alpha value is -3.95. The molecule has 1 saturated heterocycles. The van der Waals surface area contributed by atoms with Crippen LogP contribution in [0.25, 0.3) is 0 Å². The first kappa shape index (κ1) is 21.9. The van der Waals surface area contributed by atoms with Crippen molar-refractivity contribution < 1.29 is 28.7 Å². The van der Waals surface area contributed by atoms with Crippen LogP contribution >= 0.6 is 0 Å². The van der Waals surface area contributed by atoms with E-state index in [4.69, 9.17) is 18.9 Å². The molecule has 2 aliphatic rings. The molecule has 174 valence electrons. The number of nitro groups is 1. The van der Waals surface area contributed by atoms with E-state index >= 15 is 0 Å². The zero-order valence-corrected chi connectivity index (χ0v) is 18.8. The lowest BCUT2D eigenvalue weighted by atomic mass is 9.85. The number of nitro benzene ring substituents is 1. The molecule has 9 heteroatoms. The second-order valence-electron chi connectivity index (χ2n) is 8.01. The van der Waals surface area contributed by atoms with E-state index in [1.54, 1.807) is 55.6 Å². The summed E-state index contributed by atoms with van der Waals surface area (Å²) in [5, 5.41) is 11.9. The highest BCUT2D eigenvalue weighted by Crippen LogP contribution is 2.59. The Kier molecular flexibility index (Phi) is 5.22. The molecule has 0 unspecified atom stereocenters. The van der Waals surface area contributed by atoms with Crippen LogP contribution in [0.3, 0.4) is 0 Å². The van der Waals surface area contributed by atoms with Crippen LogP contribution in [0.4, 0.5) is 11.4 Å². The quantitative estimate of drug-likeness (QED) is 0.412. The number of para-hydroxylation sites is 2. The van der Waals surface area contributed by atoms with Gasteiger partial charge in [-0.1, -0.05) is 36.4 Å². The summed E-state index contributed by atoms with van der Waals surface area (Å²) < 4.78 is 23.5. The van der Waals surface area contributed by atoms with Crippen LogP contribution in [0.15, 0.2) is 66.7 Å². The van der Waals surface area contributed by atoms with Gasteiger partial charge in [0.1, 0.15) is 6.10 Å². The third-order valence-corrected chi connectivity index (χ3v) is 6.31. The molecule has 1 fully saturated rings. The number of carbonyl (C=O) groups is 1. The maximum absolute atomic E-state index is 13.8. The third kappa shape index (κ3) is 3.05. The third-order valence-electron chi connectivity index (χ3n) is 6.31. The van der Waals surface area contributed by atoms with Crippen LogP contribution in [0.1, 0.15) is 29.1 Å². The number of benzene rings is 3. The summed E-state index contributed by atoms with van der Waals surface area (Å²) in [5.41, 5.74) is 0.339. The van der Waals surface area contributed by atoms with Crippen molar-refractivity contribution in [1.82, 2.24) is 0 Å². The molecular formula is C25H22N2O7. The van der Waals surface area contributed by atoms with E-state index in [1.807, 2.05) is 12.1 Å². The molecule has 34 heavy (non-hydrogen) atoms. The minimum atomic E-state index is -1.60. The number of methoxy groups -OCH3 is 2. The highest BCUT2D eigenvalue weighted by atomic mass is 16.7. The Labute approximate surface area is 195 Å². The molecule has 2 heterocycles. The topological polar surface area (TPSA) is 100 Å². The van der Waals surface area contributed by atoms with E-state index in [2.05, 4.69) is 0 Å². The van der Waals surface area contributed by atoms with Crippen molar-refractivity contribution in [3.8, 4) is 11.5 Å². The summed E-state index contributed by atoms with van der Waals surface area (Å²) in [6, 6.07) is 18.6. The van der Waals surface area contributed by atoms with Crippen LogP contribution in [0.2, 0.25) is 0 Å². The lowest BCUT2D eigenvalue weighted by Crippen LogP contribution is -2.42. The minimum absolute atomic E-state index is 0.150. The first-order chi connectivity index (χ1) is 16.4. The molecule has 0 aliphatic carbocycles. The van der Waals surface area contributed by atoms with Gasteiger partial charge in [0.15, 0.2) is 17.8 Å². The molecular weight excluding hydrogens is 440 g/mol. The first-order valence-electron chi connectivity index (χ1n) is 10.6. The maximum Gasteiger partial charge on any atom is 0.275 e. The number of carbonyl (C=O) groups excluding carboxylic acids is 1. The summed E-state index contributed by atoms with van der Waals surface area (Å²) in [6.07, 6.45) is -2.06. The van der Waals surface area contributed by atoms with Gasteiger partial charge in [-0.25, -0.2) is 0 Å². The van der Waals surface area contributed by atoms with Gasteiger partial charge in [-0.05, 0) is 24.3 Å². The molecule has 0 N–H and O–H groups in total. The first-order valence-corrected chi connectivity index (χ1v) is 10.6. The van der Waals surface area contributed by atoms with Gasteiger partial charge in [-0.2, -0.15) is 0 Å². The second kappa shape index (κ2) is 8.12. The molecule has 0 radical (unpaired) electrons. The number of hydrogen-bond donors (Lipinski definition) is 0. The van der Waals surface area contributed by atoms with Gasteiger partial charge in [0, 0.05) is 24.2 Å².